The fourth-order valence-electron chi connectivity index (χ4n) is 3.25. The highest BCUT2D eigenvalue weighted by molar-refractivity contribution is 5.79. The lowest BCUT2D eigenvalue weighted by Crippen LogP contribution is -2.46. The van der Waals surface area contributed by atoms with E-state index in [4.69, 9.17) is 4.52 Å². The number of benzene rings is 2. The van der Waals surface area contributed by atoms with Crippen molar-refractivity contribution in [3.05, 3.63) is 59.8 Å². The van der Waals surface area contributed by atoms with Crippen molar-refractivity contribution in [3.63, 3.8) is 0 Å². The van der Waals surface area contributed by atoms with E-state index < -0.39 is 0 Å². The van der Waals surface area contributed by atoms with Crippen LogP contribution in [0, 0.1) is 6.92 Å². The number of para-hydroxylation sites is 1. The van der Waals surface area contributed by atoms with Gasteiger partial charge in [-0.3, -0.25) is 4.90 Å². The highest BCUT2D eigenvalue weighted by Crippen LogP contribution is 2.21. The zero-order valence-electron chi connectivity index (χ0n) is 13.4. The minimum absolute atomic E-state index is 0.860. The van der Waals surface area contributed by atoms with E-state index in [-0.39, 0.29) is 0 Å². The average Bonchev–Trinajstić information content (AvgIpc) is 2.99. The molecule has 3 aromatic rings. The van der Waals surface area contributed by atoms with E-state index >= 15 is 0 Å². The van der Waals surface area contributed by atoms with Gasteiger partial charge in [-0.15, -0.1) is 0 Å². The number of rotatable bonds is 3. The fraction of sp³-hybridized carbons (Fsp3) is 0.316. The van der Waals surface area contributed by atoms with Crippen LogP contribution >= 0.6 is 0 Å². The second-order valence-corrected chi connectivity index (χ2v) is 6.23. The first-order chi connectivity index (χ1) is 11.3. The lowest BCUT2D eigenvalue weighted by atomic mass is 10.1. The Morgan fingerprint density at radius 1 is 1.00 bits per heavy atom. The molecule has 118 valence electrons. The van der Waals surface area contributed by atoms with Crippen molar-refractivity contribution in [2.75, 3.05) is 31.1 Å². The summed E-state index contributed by atoms with van der Waals surface area (Å²) in [6.45, 7) is 7.22. The maximum atomic E-state index is 5.41. The molecule has 0 unspecified atom stereocenters. The van der Waals surface area contributed by atoms with Crippen LogP contribution in [0.2, 0.25) is 0 Å². The molecule has 0 bridgehead atoms. The molecule has 0 N–H and O–H groups in total. The van der Waals surface area contributed by atoms with Crippen molar-refractivity contribution >= 4 is 16.7 Å². The summed E-state index contributed by atoms with van der Waals surface area (Å²) in [4.78, 5) is 4.92. The maximum Gasteiger partial charge on any atom is 0.167 e. The zero-order valence-corrected chi connectivity index (χ0v) is 13.4. The van der Waals surface area contributed by atoms with Crippen LogP contribution in [0.1, 0.15) is 11.3 Å². The van der Waals surface area contributed by atoms with Crippen LogP contribution in [0.3, 0.4) is 0 Å². The van der Waals surface area contributed by atoms with Gasteiger partial charge in [-0.25, -0.2) is 0 Å². The van der Waals surface area contributed by atoms with Gasteiger partial charge in [-0.05, 0) is 36.8 Å². The normalized spacial score (nSPS) is 16.1. The Hall–Kier alpha value is -2.33. The minimum atomic E-state index is 0.860. The lowest BCUT2D eigenvalue weighted by molar-refractivity contribution is 0.243. The summed E-state index contributed by atoms with van der Waals surface area (Å²) in [5, 5.41) is 5.38. The summed E-state index contributed by atoms with van der Waals surface area (Å²) in [5.74, 6) is 0. The second kappa shape index (κ2) is 6.05. The Morgan fingerprint density at radius 3 is 2.65 bits per heavy atom. The van der Waals surface area contributed by atoms with Crippen LogP contribution in [-0.4, -0.2) is 36.2 Å². The largest absolute Gasteiger partial charge is 0.369 e. The minimum Gasteiger partial charge on any atom is -0.369 e. The predicted molar refractivity (Wildman–Crippen MR) is 92.7 cm³/mol. The Morgan fingerprint density at radius 2 is 1.83 bits per heavy atom. The van der Waals surface area contributed by atoms with Crippen LogP contribution < -0.4 is 4.90 Å². The number of aryl methyl sites for hydroxylation is 1. The van der Waals surface area contributed by atoms with Gasteiger partial charge in [0.25, 0.3) is 0 Å². The Bertz CT molecular complexity index is 803. The molecule has 2 aromatic carbocycles. The summed E-state index contributed by atoms with van der Waals surface area (Å²) in [6.07, 6.45) is 0. The summed E-state index contributed by atoms with van der Waals surface area (Å²) in [7, 11) is 0. The number of hydrogen-bond acceptors (Lipinski definition) is 4. The summed E-state index contributed by atoms with van der Waals surface area (Å²) in [5.41, 5.74) is 4.57. The number of hydrogen-bond donors (Lipinski definition) is 0. The van der Waals surface area contributed by atoms with Crippen molar-refractivity contribution in [2.24, 2.45) is 0 Å². The highest BCUT2D eigenvalue weighted by atomic mass is 16.5. The first-order valence-corrected chi connectivity index (χ1v) is 8.17. The first kappa shape index (κ1) is 14.3. The van der Waals surface area contributed by atoms with E-state index in [2.05, 4.69) is 52.2 Å². The number of fused-ring (bicyclic) bond motifs is 1. The molecule has 1 aliphatic rings. The molecular formula is C19H21N3O. The van der Waals surface area contributed by atoms with E-state index in [9.17, 15) is 0 Å². The van der Waals surface area contributed by atoms with Gasteiger partial charge in [0.15, 0.2) is 5.58 Å². The number of piperazine rings is 1. The van der Waals surface area contributed by atoms with Crippen LogP contribution in [0.5, 0.6) is 0 Å². The third kappa shape index (κ3) is 2.94. The van der Waals surface area contributed by atoms with E-state index in [0.29, 0.717) is 0 Å². The smallest absolute Gasteiger partial charge is 0.167 e. The zero-order chi connectivity index (χ0) is 15.6. The predicted octanol–water partition coefficient (Wildman–Crippen LogP) is 3.46. The summed E-state index contributed by atoms with van der Waals surface area (Å²) in [6, 6.07) is 16.8. The summed E-state index contributed by atoms with van der Waals surface area (Å²) >= 11 is 0. The highest BCUT2D eigenvalue weighted by Gasteiger charge is 2.19. The Labute approximate surface area is 136 Å². The number of nitrogens with zero attached hydrogens (tertiary/aromatic N) is 3. The standard InChI is InChI=1S/C19H21N3O/c1-15-5-4-6-16(13-15)22-11-9-21(10-12-22)14-18-17-7-2-3-8-19(17)23-20-18/h2-8,13H,9-12,14H2,1H3. The van der Waals surface area contributed by atoms with Gasteiger partial charge in [0.1, 0.15) is 5.69 Å². The molecule has 0 amide bonds. The van der Waals surface area contributed by atoms with Crippen molar-refractivity contribution in [2.45, 2.75) is 13.5 Å². The van der Waals surface area contributed by atoms with Crippen molar-refractivity contribution in [3.8, 4) is 0 Å². The maximum absolute atomic E-state index is 5.41. The molecule has 1 saturated heterocycles. The van der Waals surface area contributed by atoms with Crippen LogP contribution in [0.25, 0.3) is 11.0 Å². The van der Waals surface area contributed by atoms with Gasteiger partial charge in [0, 0.05) is 43.8 Å². The molecule has 1 aromatic heterocycles. The molecule has 4 nitrogen and oxygen atoms in total. The van der Waals surface area contributed by atoms with Crippen molar-refractivity contribution < 1.29 is 4.52 Å². The van der Waals surface area contributed by atoms with Gasteiger partial charge < -0.3 is 9.42 Å². The average molecular weight is 307 g/mol. The second-order valence-electron chi connectivity index (χ2n) is 6.23. The molecule has 0 saturated carbocycles. The van der Waals surface area contributed by atoms with E-state index in [0.717, 1.165) is 49.4 Å². The summed E-state index contributed by atoms with van der Waals surface area (Å²) < 4.78 is 5.41. The first-order valence-electron chi connectivity index (χ1n) is 8.17. The molecule has 1 fully saturated rings. The SMILES string of the molecule is Cc1cccc(N2CCN(Cc3noc4ccccc34)CC2)c1. The van der Waals surface area contributed by atoms with Gasteiger partial charge in [0.05, 0.1) is 0 Å². The molecular weight excluding hydrogens is 286 g/mol. The van der Waals surface area contributed by atoms with Gasteiger partial charge >= 0.3 is 0 Å². The molecule has 0 radical (unpaired) electrons. The molecule has 23 heavy (non-hydrogen) atoms. The van der Waals surface area contributed by atoms with Gasteiger partial charge in [-0.2, -0.15) is 0 Å². The molecule has 0 aliphatic carbocycles. The van der Waals surface area contributed by atoms with E-state index in [1.54, 1.807) is 0 Å². The van der Waals surface area contributed by atoms with Gasteiger partial charge in [0.2, 0.25) is 0 Å². The van der Waals surface area contributed by atoms with Crippen LogP contribution in [0.4, 0.5) is 5.69 Å². The topological polar surface area (TPSA) is 32.5 Å². The molecule has 4 rings (SSSR count). The fourth-order valence-corrected chi connectivity index (χ4v) is 3.25. The Balaban J connectivity index is 1.42. The van der Waals surface area contributed by atoms with Crippen LogP contribution in [-0.2, 0) is 6.54 Å². The monoisotopic (exact) mass is 307 g/mol. The van der Waals surface area contributed by atoms with Crippen molar-refractivity contribution in [1.29, 1.82) is 0 Å². The number of aromatic nitrogens is 1. The molecule has 0 spiro atoms. The third-order valence-corrected chi connectivity index (χ3v) is 4.56. The molecule has 0 atom stereocenters. The number of anilines is 1. The quantitative estimate of drug-likeness (QED) is 0.742. The Kier molecular flexibility index (Phi) is 3.75. The third-order valence-electron chi connectivity index (χ3n) is 4.56. The van der Waals surface area contributed by atoms with Gasteiger partial charge in [-0.1, -0.05) is 29.4 Å². The van der Waals surface area contributed by atoms with E-state index in [1.807, 2.05) is 18.2 Å². The van der Waals surface area contributed by atoms with E-state index in [1.165, 1.54) is 11.3 Å². The lowest BCUT2D eigenvalue weighted by Gasteiger charge is -2.35. The molecule has 4 heteroatoms. The molecule has 2 heterocycles. The van der Waals surface area contributed by atoms with Crippen LogP contribution in [0.15, 0.2) is 53.1 Å². The van der Waals surface area contributed by atoms with Crippen molar-refractivity contribution in [1.82, 2.24) is 10.1 Å². The molecule has 1 aliphatic heterocycles.